The number of fused-ring (bicyclic) bond motifs is 1. The third-order valence-corrected chi connectivity index (χ3v) is 6.49. The zero-order valence-electron chi connectivity index (χ0n) is 16.7. The number of rotatable bonds is 7. The summed E-state index contributed by atoms with van der Waals surface area (Å²) in [5.74, 6) is 1.25. The largest absolute Gasteiger partial charge is 0.465 e. The second-order valence-electron chi connectivity index (χ2n) is 8.01. The van der Waals surface area contributed by atoms with Gasteiger partial charge in [0.2, 0.25) is 5.91 Å². The molecule has 0 saturated heterocycles. The van der Waals surface area contributed by atoms with Crippen molar-refractivity contribution in [2.75, 3.05) is 5.32 Å². The Balaban J connectivity index is 1.31. The molecule has 8 nitrogen and oxygen atoms in total. The van der Waals surface area contributed by atoms with E-state index in [-0.39, 0.29) is 18.4 Å². The molecule has 0 spiro atoms. The van der Waals surface area contributed by atoms with Crippen molar-refractivity contribution in [2.45, 2.75) is 51.0 Å². The lowest BCUT2D eigenvalue weighted by Gasteiger charge is -2.16. The summed E-state index contributed by atoms with van der Waals surface area (Å²) in [4.78, 5) is 27.6. The predicted molar refractivity (Wildman–Crippen MR) is 116 cm³/mol. The predicted octanol–water partition coefficient (Wildman–Crippen LogP) is 4.13. The first-order valence-corrected chi connectivity index (χ1v) is 11.0. The molecule has 2 aromatic heterocycles. The van der Waals surface area contributed by atoms with Gasteiger partial charge in [-0.1, -0.05) is 12.1 Å². The number of para-hydroxylation sites is 1. The number of nitrogens with one attached hydrogen (secondary N) is 3. The van der Waals surface area contributed by atoms with Crippen molar-refractivity contribution < 1.29 is 14.7 Å². The number of hydrogen-bond donors (Lipinski definition) is 4. The first-order chi connectivity index (χ1) is 14.5. The van der Waals surface area contributed by atoms with Crippen molar-refractivity contribution >= 4 is 39.4 Å². The van der Waals surface area contributed by atoms with E-state index < -0.39 is 6.09 Å². The molecule has 2 heterocycles. The molecule has 1 fully saturated rings. The lowest BCUT2D eigenvalue weighted by molar-refractivity contribution is -0.115. The molecule has 4 rings (SSSR count). The standard InChI is InChI=1S/C21H25N5O3S/c1-12(23-21(28)29)7-13-5-6-14(8-13)16-10-18(26-25-16)24-19(27)9-15-3-2-4-17-20(15)22-11-30-17/h2-4,10-14,23H,5-9H2,1H3,(H,28,29)(H2,24,25,26,27). The second-order valence-corrected chi connectivity index (χ2v) is 8.90. The smallest absolute Gasteiger partial charge is 0.404 e. The van der Waals surface area contributed by atoms with Gasteiger partial charge in [0.05, 0.1) is 22.1 Å². The zero-order chi connectivity index (χ0) is 21.1. The number of carbonyl (C=O) groups excluding carboxylic acids is 1. The van der Waals surface area contributed by atoms with Crippen molar-refractivity contribution in [3.63, 3.8) is 0 Å². The monoisotopic (exact) mass is 427 g/mol. The number of nitrogens with zero attached hydrogens (tertiary/aromatic N) is 2. The Labute approximate surface area is 178 Å². The van der Waals surface area contributed by atoms with E-state index in [2.05, 4.69) is 25.8 Å². The SMILES string of the molecule is CC(CC1CCC(c2cc(NC(=O)Cc3cccc4scnc34)n[nH]2)C1)NC(=O)O. The Morgan fingerprint density at radius 3 is 3.07 bits per heavy atom. The highest BCUT2D eigenvalue weighted by molar-refractivity contribution is 7.16. The highest BCUT2D eigenvalue weighted by Gasteiger charge is 2.28. The van der Waals surface area contributed by atoms with Gasteiger partial charge in [-0.2, -0.15) is 5.10 Å². The summed E-state index contributed by atoms with van der Waals surface area (Å²) >= 11 is 1.56. The van der Waals surface area contributed by atoms with E-state index in [0.29, 0.717) is 17.7 Å². The fourth-order valence-corrected chi connectivity index (χ4v) is 5.12. The maximum Gasteiger partial charge on any atom is 0.404 e. The molecule has 0 radical (unpaired) electrons. The van der Waals surface area contributed by atoms with Crippen LogP contribution in [-0.4, -0.2) is 38.3 Å². The minimum absolute atomic E-state index is 0.0509. The first kappa shape index (κ1) is 20.3. The van der Waals surface area contributed by atoms with Crippen LogP contribution in [-0.2, 0) is 11.2 Å². The van der Waals surface area contributed by atoms with E-state index in [1.807, 2.05) is 31.2 Å². The number of H-pyrrole nitrogens is 1. The van der Waals surface area contributed by atoms with Gasteiger partial charge in [0.25, 0.3) is 0 Å². The molecule has 4 N–H and O–H groups in total. The van der Waals surface area contributed by atoms with Crippen LogP contribution in [0.2, 0.25) is 0 Å². The molecule has 1 aromatic carbocycles. The molecule has 30 heavy (non-hydrogen) atoms. The summed E-state index contributed by atoms with van der Waals surface area (Å²) in [5, 5.41) is 21.6. The third-order valence-electron chi connectivity index (χ3n) is 5.70. The van der Waals surface area contributed by atoms with E-state index in [1.54, 1.807) is 16.8 Å². The van der Waals surface area contributed by atoms with Crippen LogP contribution in [0.25, 0.3) is 10.2 Å². The highest BCUT2D eigenvalue weighted by Crippen LogP contribution is 2.40. The second kappa shape index (κ2) is 8.83. The lowest BCUT2D eigenvalue weighted by Crippen LogP contribution is -2.32. The molecule has 1 aliphatic rings. The van der Waals surface area contributed by atoms with E-state index in [9.17, 15) is 9.59 Å². The summed E-state index contributed by atoms with van der Waals surface area (Å²) in [6.45, 7) is 1.90. The number of anilines is 1. The molecule has 158 valence electrons. The molecule has 3 unspecified atom stereocenters. The average Bonchev–Trinajstić information content (AvgIpc) is 3.41. The van der Waals surface area contributed by atoms with Crippen molar-refractivity contribution in [3.8, 4) is 0 Å². The number of benzene rings is 1. The normalized spacial score (nSPS) is 19.6. The minimum Gasteiger partial charge on any atom is -0.465 e. The van der Waals surface area contributed by atoms with Crippen LogP contribution in [0.15, 0.2) is 29.8 Å². The van der Waals surface area contributed by atoms with Gasteiger partial charge in [-0.05, 0) is 50.2 Å². The number of carbonyl (C=O) groups is 2. The molecule has 0 aliphatic heterocycles. The zero-order valence-corrected chi connectivity index (χ0v) is 17.5. The summed E-state index contributed by atoms with van der Waals surface area (Å²) in [6, 6.07) is 7.73. The molecule has 1 saturated carbocycles. The summed E-state index contributed by atoms with van der Waals surface area (Å²) < 4.78 is 1.08. The van der Waals surface area contributed by atoms with Crippen LogP contribution in [0.1, 0.15) is 49.8 Å². The van der Waals surface area contributed by atoms with Crippen molar-refractivity contribution in [3.05, 3.63) is 41.0 Å². The van der Waals surface area contributed by atoms with Crippen LogP contribution >= 0.6 is 11.3 Å². The fourth-order valence-electron chi connectivity index (χ4n) is 4.40. The summed E-state index contributed by atoms with van der Waals surface area (Å²) in [6.07, 6.45) is 3.21. The van der Waals surface area contributed by atoms with E-state index >= 15 is 0 Å². The molecule has 3 atom stereocenters. The van der Waals surface area contributed by atoms with Gasteiger partial charge in [-0.15, -0.1) is 11.3 Å². The van der Waals surface area contributed by atoms with Crippen LogP contribution in [0.3, 0.4) is 0 Å². The van der Waals surface area contributed by atoms with E-state index in [1.165, 1.54) is 0 Å². The molecule has 9 heteroatoms. The van der Waals surface area contributed by atoms with Gasteiger partial charge in [0.1, 0.15) is 0 Å². The van der Waals surface area contributed by atoms with Gasteiger partial charge < -0.3 is 15.7 Å². The van der Waals surface area contributed by atoms with E-state index in [0.717, 1.165) is 47.2 Å². The Hall–Kier alpha value is -2.94. The van der Waals surface area contributed by atoms with Crippen LogP contribution in [0.4, 0.5) is 10.6 Å². The van der Waals surface area contributed by atoms with Crippen LogP contribution in [0, 0.1) is 5.92 Å². The van der Waals surface area contributed by atoms with Crippen molar-refractivity contribution in [1.82, 2.24) is 20.5 Å². The van der Waals surface area contributed by atoms with Gasteiger partial charge in [-0.3, -0.25) is 9.89 Å². The third kappa shape index (κ3) is 4.79. The lowest BCUT2D eigenvalue weighted by atomic mass is 9.96. The molecular weight excluding hydrogens is 402 g/mol. The Kier molecular flexibility index (Phi) is 5.98. The summed E-state index contributed by atoms with van der Waals surface area (Å²) in [5.41, 5.74) is 4.60. The Morgan fingerprint density at radius 1 is 1.37 bits per heavy atom. The molecule has 1 aliphatic carbocycles. The van der Waals surface area contributed by atoms with Gasteiger partial charge in [0, 0.05) is 23.7 Å². The van der Waals surface area contributed by atoms with E-state index in [4.69, 9.17) is 5.11 Å². The average molecular weight is 428 g/mol. The quantitative estimate of drug-likeness (QED) is 0.452. The van der Waals surface area contributed by atoms with Crippen molar-refractivity contribution in [2.24, 2.45) is 5.92 Å². The number of hydrogen-bond acceptors (Lipinski definition) is 5. The Morgan fingerprint density at radius 2 is 2.23 bits per heavy atom. The van der Waals surface area contributed by atoms with Gasteiger partial charge >= 0.3 is 6.09 Å². The summed E-state index contributed by atoms with van der Waals surface area (Å²) in [7, 11) is 0. The fraction of sp³-hybridized carbons (Fsp3) is 0.429. The molecular formula is C21H25N5O3S. The number of thiazole rings is 1. The van der Waals surface area contributed by atoms with Crippen LogP contribution in [0.5, 0.6) is 0 Å². The number of carboxylic acid groups (broad SMARTS) is 1. The number of aromatic nitrogens is 3. The molecule has 3 aromatic rings. The van der Waals surface area contributed by atoms with Gasteiger partial charge in [0.15, 0.2) is 5.82 Å². The minimum atomic E-state index is -0.975. The Bertz CT molecular complexity index is 1050. The maximum absolute atomic E-state index is 12.5. The van der Waals surface area contributed by atoms with Crippen LogP contribution < -0.4 is 10.6 Å². The first-order valence-electron chi connectivity index (χ1n) is 10.1. The highest BCUT2D eigenvalue weighted by atomic mass is 32.1. The topological polar surface area (TPSA) is 120 Å². The van der Waals surface area contributed by atoms with Gasteiger partial charge in [-0.25, -0.2) is 9.78 Å². The number of aromatic amines is 1. The van der Waals surface area contributed by atoms with Crippen molar-refractivity contribution in [1.29, 1.82) is 0 Å². The molecule has 2 amide bonds. The number of amides is 2. The maximum atomic E-state index is 12.5. The molecule has 0 bridgehead atoms.